The Morgan fingerprint density at radius 3 is 2.47 bits per heavy atom. The van der Waals surface area contributed by atoms with Crippen LogP contribution in [0.1, 0.15) is 18.9 Å². The summed E-state index contributed by atoms with van der Waals surface area (Å²) in [6.45, 7) is 6.59. The molecular formula is C15H25NO3. The van der Waals surface area contributed by atoms with Crippen molar-refractivity contribution in [2.45, 2.75) is 19.9 Å². The van der Waals surface area contributed by atoms with Crippen LogP contribution in [0.25, 0.3) is 0 Å². The second kappa shape index (κ2) is 10.8. The Labute approximate surface area is 116 Å². The summed E-state index contributed by atoms with van der Waals surface area (Å²) in [5.74, 6) is 0.938. The molecule has 19 heavy (non-hydrogen) atoms. The Morgan fingerprint density at radius 2 is 1.79 bits per heavy atom. The molecule has 0 bridgehead atoms. The highest BCUT2D eigenvalue weighted by molar-refractivity contribution is 5.27. The van der Waals surface area contributed by atoms with Crippen molar-refractivity contribution in [1.29, 1.82) is 0 Å². The largest absolute Gasteiger partial charge is 0.494 e. The highest BCUT2D eigenvalue weighted by Crippen LogP contribution is 2.12. The van der Waals surface area contributed by atoms with Crippen LogP contribution >= 0.6 is 0 Å². The van der Waals surface area contributed by atoms with E-state index in [0.29, 0.717) is 19.8 Å². The highest BCUT2D eigenvalue weighted by atomic mass is 16.5. The molecule has 0 unspecified atom stereocenters. The lowest BCUT2D eigenvalue weighted by molar-refractivity contribution is 0.0719. The number of hydrogen-bond donors (Lipinski definition) is 1. The first-order valence-corrected chi connectivity index (χ1v) is 6.86. The summed E-state index contributed by atoms with van der Waals surface area (Å²) >= 11 is 0. The Kier molecular flexibility index (Phi) is 9.06. The molecule has 0 aliphatic heterocycles. The summed E-state index contributed by atoms with van der Waals surface area (Å²) in [7, 11) is 1.68. The van der Waals surface area contributed by atoms with Gasteiger partial charge in [0, 0.05) is 20.2 Å². The fourth-order valence-corrected chi connectivity index (χ4v) is 1.54. The zero-order valence-electron chi connectivity index (χ0n) is 12.0. The van der Waals surface area contributed by atoms with Crippen LogP contribution in [-0.4, -0.2) is 40.1 Å². The summed E-state index contributed by atoms with van der Waals surface area (Å²) in [5.41, 5.74) is 1.25. The van der Waals surface area contributed by atoms with Gasteiger partial charge in [0.25, 0.3) is 0 Å². The molecule has 4 nitrogen and oxygen atoms in total. The van der Waals surface area contributed by atoms with Gasteiger partial charge in [0.1, 0.15) is 5.75 Å². The molecule has 0 heterocycles. The van der Waals surface area contributed by atoms with Gasteiger partial charge in [0.2, 0.25) is 0 Å². The summed E-state index contributed by atoms with van der Waals surface area (Å²) in [6, 6.07) is 8.21. The van der Waals surface area contributed by atoms with Crippen molar-refractivity contribution in [1.82, 2.24) is 5.32 Å². The quantitative estimate of drug-likeness (QED) is 0.624. The molecule has 0 radical (unpaired) electrons. The molecule has 1 aromatic rings. The molecular weight excluding hydrogens is 242 g/mol. The van der Waals surface area contributed by atoms with Gasteiger partial charge in [0.15, 0.2) is 0 Å². The van der Waals surface area contributed by atoms with E-state index in [1.165, 1.54) is 5.56 Å². The number of benzene rings is 1. The van der Waals surface area contributed by atoms with Gasteiger partial charge in [0.05, 0.1) is 26.4 Å². The monoisotopic (exact) mass is 267 g/mol. The first-order valence-electron chi connectivity index (χ1n) is 6.86. The van der Waals surface area contributed by atoms with Crippen LogP contribution in [0.3, 0.4) is 0 Å². The van der Waals surface area contributed by atoms with Gasteiger partial charge in [-0.05, 0) is 24.1 Å². The number of ether oxygens (including phenoxy) is 3. The molecule has 0 spiro atoms. The molecule has 1 N–H and O–H groups in total. The van der Waals surface area contributed by atoms with Crippen molar-refractivity contribution in [2.75, 3.05) is 40.1 Å². The van der Waals surface area contributed by atoms with E-state index in [2.05, 4.69) is 24.4 Å². The lowest BCUT2D eigenvalue weighted by atomic mass is 10.2. The van der Waals surface area contributed by atoms with Crippen molar-refractivity contribution in [2.24, 2.45) is 0 Å². The zero-order valence-corrected chi connectivity index (χ0v) is 12.0. The van der Waals surface area contributed by atoms with Crippen LogP contribution in [0, 0.1) is 0 Å². The van der Waals surface area contributed by atoms with Gasteiger partial charge >= 0.3 is 0 Å². The maximum atomic E-state index is 5.54. The average Bonchev–Trinajstić information content (AvgIpc) is 2.45. The molecule has 1 rings (SSSR count). The Balaban J connectivity index is 2.09. The molecule has 0 aromatic heterocycles. The third kappa shape index (κ3) is 7.82. The standard InChI is InChI=1S/C15H25NO3/c1-3-9-19-15-6-4-14(5-7-15)13-16-8-10-18-12-11-17-2/h4-7,16H,3,8-13H2,1-2H3. The lowest BCUT2D eigenvalue weighted by Gasteiger charge is -2.08. The molecule has 0 atom stereocenters. The predicted octanol–water partition coefficient (Wildman–Crippen LogP) is 2.23. The predicted molar refractivity (Wildman–Crippen MR) is 76.6 cm³/mol. The fourth-order valence-electron chi connectivity index (χ4n) is 1.54. The second-order valence-electron chi connectivity index (χ2n) is 4.27. The summed E-state index contributed by atoms with van der Waals surface area (Å²) in [6.07, 6.45) is 1.03. The summed E-state index contributed by atoms with van der Waals surface area (Å²) in [4.78, 5) is 0. The number of hydrogen-bond acceptors (Lipinski definition) is 4. The maximum absolute atomic E-state index is 5.54. The van der Waals surface area contributed by atoms with E-state index < -0.39 is 0 Å². The molecule has 0 aliphatic carbocycles. The van der Waals surface area contributed by atoms with Gasteiger partial charge in [-0.15, -0.1) is 0 Å². The minimum Gasteiger partial charge on any atom is -0.494 e. The van der Waals surface area contributed by atoms with Crippen molar-refractivity contribution < 1.29 is 14.2 Å². The number of nitrogens with one attached hydrogen (secondary N) is 1. The number of rotatable bonds is 11. The molecule has 0 fully saturated rings. The van der Waals surface area contributed by atoms with Gasteiger partial charge in [-0.1, -0.05) is 19.1 Å². The van der Waals surface area contributed by atoms with Gasteiger partial charge in [-0.3, -0.25) is 0 Å². The molecule has 0 aliphatic rings. The molecule has 108 valence electrons. The average molecular weight is 267 g/mol. The Hall–Kier alpha value is -1.10. The van der Waals surface area contributed by atoms with Gasteiger partial charge < -0.3 is 19.5 Å². The fraction of sp³-hybridized carbons (Fsp3) is 0.600. The lowest BCUT2D eigenvalue weighted by Crippen LogP contribution is -2.20. The summed E-state index contributed by atoms with van der Waals surface area (Å²) in [5, 5.41) is 3.33. The van der Waals surface area contributed by atoms with E-state index >= 15 is 0 Å². The number of methoxy groups -OCH3 is 1. The topological polar surface area (TPSA) is 39.7 Å². The van der Waals surface area contributed by atoms with Crippen LogP contribution in [0.5, 0.6) is 5.75 Å². The third-order valence-electron chi connectivity index (χ3n) is 2.58. The van der Waals surface area contributed by atoms with Crippen LogP contribution in [0.15, 0.2) is 24.3 Å². The molecule has 0 amide bonds. The van der Waals surface area contributed by atoms with Crippen LogP contribution in [-0.2, 0) is 16.0 Å². The van der Waals surface area contributed by atoms with Crippen LogP contribution in [0.4, 0.5) is 0 Å². The van der Waals surface area contributed by atoms with Gasteiger partial charge in [-0.2, -0.15) is 0 Å². The maximum Gasteiger partial charge on any atom is 0.119 e. The first kappa shape index (κ1) is 16.0. The van der Waals surface area contributed by atoms with Crippen molar-refractivity contribution in [3.63, 3.8) is 0 Å². The third-order valence-corrected chi connectivity index (χ3v) is 2.58. The zero-order chi connectivity index (χ0) is 13.8. The van der Waals surface area contributed by atoms with Crippen molar-refractivity contribution >= 4 is 0 Å². The van der Waals surface area contributed by atoms with E-state index in [-0.39, 0.29) is 0 Å². The Morgan fingerprint density at radius 1 is 1.00 bits per heavy atom. The van der Waals surface area contributed by atoms with Crippen molar-refractivity contribution in [3.8, 4) is 5.75 Å². The molecule has 0 saturated heterocycles. The minimum absolute atomic E-state index is 0.652. The smallest absolute Gasteiger partial charge is 0.119 e. The first-order chi connectivity index (χ1) is 9.36. The van der Waals surface area contributed by atoms with E-state index in [0.717, 1.165) is 31.9 Å². The van der Waals surface area contributed by atoms with Crippen LogP contribution < -0.4 is 10.1 Å². The van der Waals surface area contributed by atoms with E-state index in [9.17, 15) is 0 Å². The molecule has 0 saturated carbocycles. The van der Waals surface area contributed by atoms with Crippen molar-refractivity contribution in [3.05, 3.63) is 29.8 Å². The minimum atomic E-state index is 0.652. The molecule has 4 heteroatoms. The summed E-state index contributed by atoms with van der Waals surface area (Å²) < 4.78 is 15.8. The van der Waals surface area contributed by atoms with E-state index in [1.807, 2.05) is 12.1 Å². The van der Waals surface area contributed by atoms with Crippen LogP contribution in [0.2, 0.25) is 0 Å². The normalized spacial score (nSPS) is 10.6. The van der Waals surface area contributed by atoms with Gasteiger partial charge in [-0.25, -0.2) is 0 Å². The highest BCUT2D eigenvalue weighted by Gasteiger charge is 1.95. The molecule has 1 aromatic carbocycles. The Bertz CT molecular complexity index is 314. The SMILES string of the molecule is CCCOc1ccc(CNCCOCCOC)cc1. The van der Waals surface area contributed by atoms with E-state index in [1.54, 1.807) is 7.11 Å². The van der Waals surface area contributed by atoms with E-state index in [4.69, 9.17) is 14.2 Å². The second-order valence-corrected chi connectivity index (χ2v) is 4.27.